The zero-order valence-corrected chi connectivity index (χ0v) is 15.6. The molecule has 7 heteroatoms. The molecular formula is C18H24N4O2S. The van der Waals surface area contributed by atoms with Crippen LogP contribution in [-0.2, 0) is 11.3 Å². The molecule has 2 atom stereocenters. The van der Waals surface area contributed by atoms with Crippen LogP contribution in [0.3, 0.4) is 0 Å². The second kappa shape index (κ2) is 7.51. The molecule has 1 aromatic carbocycles. The van der Waals surface area contributed by atoms with Crippen molar-refractivity contribution in [2.75, 3.05) is 24.1 Å². The van der Waals surface area contributed by atoms with Gasteiger partial charge in [0.05, 0.1) is 17.9 Å². The number of carbonyl (C=O) groups excluding carboxylic acids is 1. The maximum atomic E-state index is 12.4. The van der Waals surface area contributed by atoms with Crippen LogP contribution in [0.15, 0.2) is 23.6 Å². The predicted molar refractivity (Wildman–Crippen MR) is 101 cm³/mol. The highest BCUT2D eigenvalue weighted by molar-refractivity contribution is 7.14. The molecule has 1 saturated heterocycles. The number of aryl methyl sites for hydroxylation is 1. The van der Waals surface area contributed by atoms with E-state index in [1.54, 1.807) is 12.1 Å². The van der Waals surface area contributed by atoms with Gasteiger partial charge in [0.25, 0.3) is 5.91 Å². The van der Waals surface area contributed by atoms with Gasteiger partial charge in [0.1, 0.15) is 0 Å². The van der Waals surface area contributed by atoms with Crippen LogP contribution in [0.25, 0.3) is 0 Å². The summed E-state index contributed by atoms with van der Waals surface area (Å²) in [6.45, 7) is 8.62. The quantitative estimate of drug-likeness (QED) is 0.820. The van der Waals surface area contributed by atoms with Crippen LogP contribution in [0.4, 0.5) is 10.8 Å². The van der Waals surface area contributed by atoms with Gasteiger partial charge >= 0.3 is 0 Å². The number of nitrogens with zero attached hydrogens (tertiary/aromatic N) is 2. The molecule has 1 fully saturated rings. The summed E-state index contributed by atoms with van der Waals surface area (Å²) in [7, 11) is 0. The predicted octanol–water partition coefficient (Wildman–Crippen LogP) is 2.90. The number of nitrogens with two attached hydrogens (primary N) is 1. The highest BCUT2D eigenvalue weighted by atomic mass is 32.1. The topological polar surface area (TPSA) is 80.5 Å². The van der Waals surface area contributed by atoms with Crippen molar-refractivity contribution in [3.8, 4) is 0 Å². The Morgan fingerprint density at radius 2 is 2.12 bits per heavy atom. The number of thiazole rings is 1. The molecule has 3 rings (SSSR count). The first-order valence-corrected chi connectivity index (χ1v) is 9.28. The van der Waals surface area contributed by atoms with Gasteiger partial charge in [0, 0.05) is 36.3 Å². The number of ether oxygens (including phenoxy) is 1. The van der Waals surface area contributed by atoms with E-state index in [1.807, 2.05) is 18.4 Å². The molecule has 1 aliphatic rings. The first-order chi connectivity index (χ1) is 11.9. The number of nitrogens with one attached hydrogen (secondary N) is 1. The second-order valence-corrected chi connectivity index (χ2v) is 7.48. The minimum absolute atomic E-state index is 0.181. The molecule has 3 N–H and O–H groups in total. The third-order valence-corrected chi connectivity index (χ3v) is 4.97. The van der Waals surface area contributed by atoms with E-state index in [2.05, 4.69) is 29.0 Å². The fourth-order valence-electron chi connectivity index (χ4n) is 3.13. The third-order valence-electron chi connectivity index (χ3n) is 4.16. The number of morpholine rings is 1. The van der Waals surface area contributed by atoms with Crippen molar-refractivity contribution >= 4 is 28.1 Å². The van der Waals surface area contributed by atoms with Crippen LogP contribution >= 0.6 is 11.3 Å². The van der Waals surface area contributed by atoms with Gasteiger partial charge in [-0.05, 0) is 38.5 Å². The molecule has 2 aromatic rings. The summed E-state index contributed by atoms with van der Waals surface area (Å²) in [5.74, 6) is -0.181. The summed E-state index contributed by atoms with van der Waals surface area (Å²) in [4.78, 5) is 19.3. The summed E-state index contributed by atoms with van der Waals surface area (Å²) in [5, 5.41) is 5.47. The van der Waals surface area contributed by atoms with Crippen LogP contribution < -0.4 is 11.1 Å². The summed E-state index contributed by atoms with van der Waals surface area (Å²) in [6, 6.07) is 5.33. The van der Waals surface area contributed by atoms with Gasteiger partial charge in [-0.25, -0.2) is 4.98 Å². The lowest BCUT2D eigenvalue weighted by molar-refractivity contribution is -0.0707. The Balaban J connectivity index is 1.63. The molecule has 0 spiro atoms. The van der Waals surface area contributed by atoms with E-state index in [0.717, 1.165) is 30.9 Å². The maximum absolute atomic E-state index is 12.4. The van der Waals surface area contributed by atoms with Gasteiger partial charge in [-0.1, -0.05) is 6.07 Å². The number of hydrogen-bond acceptors (Lipinski definition) is 6. The molecule has 0 bridgehead atoms. The molecule has 6 nitrogen and oxygen atoms in total. The van der Waals surface area contributed by atoms with E-state index in [1.165, 1.54) is 11.3 Å². The lowest BCUT2D eigenvalue weighted by atomic mass is 10.1. The van der Waals surface area contributed by atoms with Crippen molar-refractivity contribution in [1.82, 2.24) is 9.88 Å². The summed E-state index contributed by atoms with van der Waals surface area (Å²) < 4.78 is 5.76. The fourth-order valence-corrected chi connectivity index (χ4v) is 3.82. The van der Waals surface area contributed by atoms with Crippen LogP contribution in [0, 0.1) is 6.92 Å². The Hall–Kier alpha value is -1.96. The van der Waals surface area contributed by atoms with E-state index in [4.69, 9.17) is 10.5 Å². The SMILES string of the molecule is Cc1ccc(N)cc1C(=O)Nc1nc(CN2CC(C)OC(C)C2)cs1. The van der Waals surface area contributed by atoms with Crippen LogP contribution in [0.5, 0.6) is 0 Å². The van der Waals surface area contributed by atoms with Gasteiger partial charge in [0.2, 0.25) is 0 Å². The van der Waals surface area contributed by atoms with E-state index in [0.29, 0.717) is 16.4 Å². The average Bonchev–Trinajstić information content (AvgIpc) is 2.95. The van der Waals surface area contributed by atoms with Gasteiger partial charge in [-0.2, -0.15) is 0 Å². The lowest BCUT2D eigenvalue weighted by Gasteiger charge is -2.34. The molecule has 1 aromatic heterocycles. The third kappa shape index (κ3) is 4.56. The van der Waals surface area contributed by atoms with Gasteiger partial charge in [-0.15, -0.1) is 11.3 Å². The molecule has 2 unspecified atom stereocenters. The molecule has 0 saturated carbocycles. The summed E-state index contributed by atoms with van der Waals surface area (Å²) >= 11 is 1.44. The molecule has 1 aliphatic heterocycles. The lowest BCUT2D eigenvalue weighted by Crippen LogP contribution is -2.44. The number of hydrogen-bond donors (Lipinski definition) is 2. The second-order valence-electron chi connectivity index (χ2n) is 6.62. The molecule has 0 radical (unpaired) electrons. The van der Waals surface area contributed by atoms with Crippen molar-refractivity contribution in [3.05, 3.63) is 40.4 Å². The zero-order valence-electron chi connectivity index (χ0n) is 14.8. The Labute approximate surface area is 152 Å². The van der Waals surface area contributed by atoms with E-state index < -0.39 is 0 Å². The van der Waals surface area contributed by atoms with Gasteiger partial charge < -0.3 is 10.5 Å². The normalized spacial score (nSPS) is 21.2. The Bertz CT molecular complexity index is 751. The molecule has 0 aliphatic carbocycles. The summed E-state index contributed by atoms with van der Waals surface area (Å²) in [6.07, 6.45) is 0.459. The number of rotatable bonds is 4. The smallest absolute Gasteiger partial charge is 0.257 e. The zero-order chi connectivity index (χ0) is 18.0. The Morgan fingerprint density at radius 1 is 1.40 bits per heavy atom. The van der Waals surface area contributed by atoms with Crippen molar-refractivity contribution < 1.29 is 9.53 Å². The maximum Gasteiger partial charge on any atom is 0.257 e. The largest absolute Gasteiger partial charge is 0.399 e. The highest BCUT2D eigenvalue weighted by Gasteiger charge is 2.23. The first-order valence-electron chi connectivity index (χ1n) is 8.40. The number of nitrogen functional groups attached to an aromatic ring is 1. The average molecular weight is 360 g/mol. The number of benzene rings is 1. The van der Waals surface area contributed by atoms with Gasteiger partial charge in [0.15, 0.2) is 5.13 Å². The highest BCUT2D eigenvalue weighted by Crippen LogP contribution is 2.21. The monoisotopic (exact) mass is 360 g/mol. The van der Waals surface area contributed by atoms with E-state index >= 15 is 0 Å². The number of carbonyl (C=O) groups is 1. The summed E-state index contributed by atoms with van der Waals surface area (Å²) in [5.41, 5.74) is 8.78. The van der Waals surface area contributed by atoms with Crippen LogP contribution in [0.1, 0.15) is 35.5 Å². The minimum Gasteiger partial charge on any atom is -0.399 e. The van der Waals surface area contributed by atoms with Crippen LogP contribution in [-0.4, -0.2) is 41.1 Å². The molecule has 1 amide bonds. The Kier molecular flexibility index (Phi) is 5.36. The molecule has 2 heterocycles. The molecular weight excluding hydrogens is 336 g/mol. The number of aromatic nitrogens is 1. The fraction of sp³-hybridized carbons (Fsp3) is 0.444. The number of anilines is 2. The molecule has 134 valence electrons. The van der Waals surface area contributed by atoms with Crippen molar-refractivity contribution in [2.24, 2.45) is 0 Å². The number of amides is 1. The van der Waals surface area contributed by atoms with E-state index in [-0.39, 0.29) is 18.1 Å². The van der Waals surface area contributed by atoms with Gasteiger partial charge in [-0.3, -0.25) is 15.0 Å². The minimum atomic E-state index is -0.181. The molecule has 25 heavy (non-hydrogen) atoms. The Morgan fingerprint density at radius 3 is 2.84 bits per heavy atom. The van der Waals surface area contributed by atoms with Crippen molar-refractivity contribution in [1.29, 1.82) is 0 Å². The standard InChI is InChI=1S/C18H24N4O2S/c1-11-4-5-14(19)6-16(11)17(23)21-18-20-15(10-25-18)9-22-7-12(2)24-13(3)8-22/h4-6,10,12-13H,7-9,19H2,1-3H3,(H,20,21,23). The van der Waals surface area contributed by atoms with Crippen LogP contribution in [0.2, 0.25) is 0 Å². The van der Waals surface area contributed by atoms with Crippen molar-refractivity contribution in [2.45, 2.75) is 39.5 Å². The van der Waals surface area contributed by atoms with E-state index in [9.17, 15) is 4.79 Å². The van der Waals surface area contributed by atoms with Crippen molar-refractivity contribution in [3.63, 3.8) is 0 Å². The first kappa shape index (κ1) is 17.8.